The second-order valence-electron chi connectivity index (χ2n) is 4.77. The summed E-state index contributed by atoms with van der Waals surface area (Å²) < 4.78 is 0. The van der Waals surface area contributed by atoms with Crippen LogP contribution in [0.5, 0.6) is 0 Å². The zero-order valence-corrected chi connectivity index (χ0v) is 11.9. The Labute approximate surface area is 130 Å². The summed E-state index contributed by atoms with van der Waals surface area (Å²) in [4.78, 5) is 46.1. The predicted molar refractivity (Wildman–Crippen MR) is 76.6 cm³/mol. The summed E-state index contributed by atoms with van der Waals surface area (Å²) in [5.41, 5.74) is 0.0622. The molecule has 0 spiro atoms. The van der Waals surface area contributed by atoms with Crippen LogP contribution in [0.1, 0.15) is 10.4 Å². The molecular weight excluding hydrogens is 308 g/mol. The molecule has 1 fully saturated rings. The average molecular weight is 322 g/mol. The zero-order chi connectivity index (χ0) is 17.0. The number of amides is 2. The van der Waals surface area contributed by atoms with Gasteiger partial charge in [0.1, 0.15) is 6.54 Å². The second-order valence-corrected chi connectivity index (χ2v) is 4.77. The Morgan fingerprint density at radius 2 is 2.00 bits per heavy atom. The lowest BCUT2D eigenvalue weighted by molar-refractivity contribution is -0.384. The predicted octanol–water partition coefficient (Wildman–Crippen LogP) is -0.833. The Bertz CT molecular complexity index is 644. The van der Waals surface area contributed by atoms with E-state index in [2.05, 4.69) is 10.6 Å². The normalized spacial score (nSPS) is 16.9. The number of carbonyl (C=O) groups is 3. The van der Waals surface area contributed by atoms with Gasteiger partial charge in [-0.2, -0.15) is 0 Å². The molecule has 1 saturated heterocycles. The number of nitro groups is 1. The van der Waals surface area contributed by atoms with E-state index in [-0.39, 0.29) is 17.8 Å². The van der Waals surface area contributed by atoms with E-state index in [9.17, 15) is 24.5 Å². The highest BCUT2D eigenvalue weighted by atomic mass is 16.6. The molecule has 0 bridgehead atoms. The van der Waals surface area contributed by atoms with Gasteiger partial charge in [-0.1, -0.05) is 0 Å². The maximum Gasteiger partial charge on any atom is 0.322 e. The molecule has 1 aromatic carbocycles. The lowest BCUT2D eigenvalue weighted by atomic mass is 10.1. The molecule has 1 aliphatic rings. The van der Waals surface area contributed by atoms with E-state index in [0.29, 0.717) is 6.54 Å². The highest BCUT2D eigenvalue weighted by Crippen LogP contribution is 2.15. The number of rotatable bonds is 5. The summed E-state index contributed by atoms with van der Waals surface area (Å²) in [6.07, 6.45) is -0.975. The molecule has 3 N–H and O–H groups in total. The zero-order valence-electron chi connectivity index (χ0n) is 11.9. The minimum absolute atomic E-state index is 0.142. The number of nitro benzene ring substituents is 1. The van der Waals surface area contributed by atoms with E-state index in [1.807, 2.05) is 0 Å². The maximum absolute atomic E-state index is 12.4. The van der Waals surface area contributed by atoms with Crippen molar-refractivity contribution in [3.63, 3.8) is 0 Å². The van der Waals surface area contributed by atoms with Gasteiger partial charge in [0, 0.05) is 30.8 Å². The van der Waals surface area contributed by atoms with Crippen LogP contribution in [-0.2, 0) is 9.59 Å². The van der Waals surface area contributed by atoms with Crippen LogP contribution in [0.25, 0.3) is 0 Å². The van der Waals surface area contributed by atoms with E-state index >= 15 is 0 Å². The van der Waals surface area contributed by atoms with Crippen molar-refractivity contribution in [2.24, 2.45) is 0 Å². The molecule has 1 aliphatic heterocycles. The number of nitrogens with zero attached hydrogens (tertiary/aromatic N) is 2. The highest BCUT2D eigenvalue weighted by Gasteiger charge is 2.34. The molecule has 2 amide bonds. The molecule has 122 valence electrons. The third-order valence-corrected chi connectivity index (χ3v) is 3.25. The van der Waals surface area contributed by atoms with Crippen LogP contribution in [0, 0.1) is 10.1 Å². The van der Waals surface area contributed by atoms with E-state index < -0.39 is 35.4 Å². The SMILES string of the molecule is O=C(O)CNC(=O)C1NCCN1C(=O)c1ccc([N+](=O)[O-])cc1. The van der Waals surface area contributed by atoms with E-state index in [1.165, 1.54) is 29.2 Å². The molecule has 2 rings (SSSR count). The van der Waals surface area contributed by atoms with Crippen LogP contribution in [0.4, 0.5) is 5.69 Å². The van der Waals surface area contributed by atoms with Crippen molar-refractivity contribution < 1.29 is 24.4 Å². The number of benzene rings is 1. The van der Waals surface area contributed by atoms with Gasteiger partial charge in [-0.3, -0.25) is 29.8 Å². The molecular formula is C13H14N4O6. The lowest BCUT2D eigenvalue weighted by Crippen LogP contribution is -2.51. The fourth-order valence-corrected chi connectivity index (χ4v) is 2.16. The van der Waals surface area contributed by atoms with Crippen molar-refractivity contribution in [3.05, 3.63) is 39.9 Å². The van der Waals surface area contributed by atoms with Crippen LogP contribution in [0.3, 0.4) is 0 Å². The minimum atomic E-state index is -1.19. The number of carbonyl (C=O) groups excluding carboxylic acids is 2. The molecule has 1 unspecified atom stereocenters. The molecule has 0 radical (unpaired) electrons. The van der Waals surface area contributed by atoms with E-state index in [1.54, 1.807) is 0 Å². The van der Waals surface area contributed by atoms with Crippen LogP contribution in [0.2, 0.25) is 0 Å². The van der Waals surface area contributed by atoms with Crippen molar-refractivity contribution in [3.8, 4) is 0 Å². The highest BCUT2D eigenvalue weighted by molar-refractivity contribution is 5.98. The summed E-state index contributed by atoms with van der Waals surface area (Å²) in [6.45, 7) is 0.0986. The Kier molecular flexibility index (Phi) is 4.86. The smallest absolute Gasteiger partial charge is 0.322 e. The quantitative estimate of drug-likeness (QED) is 0.474. The summed E-state index contributed by atoms with van der Waals surface area (Å²) in [5, 5.41) is 24.2. The first kappa shape index (κ1) is 16.4. The topological polar surface area (TPSA) is 142 Å². The van der Waals surface area contributed by atoms with Gasteiger partial charge in [-0.05, 0) is 12.1 Å². The van der Waals surface area contributed by atoms with Gasteiger partial charge in [-0.15, -0.1) is 0 Å². The number of aliphatic carboxylic acids is 1. The van der Waals surface area contributed by atoms with E-state index in [4.69, 9.17) is 5.11 Å². The number of carboxylic acids is 1. The Morgan fingerprint density at radius 1 is 1.35 bits per heavy atom. The number of carboxylic acid groups (broad SMARTS) is 1. The monoisotopic (exact) mass is 322 g/mol. The third kappa shape index (κ3) is 3.80. The number of nitrogens with one attached hydrogen (secondary N) is 2. The van der Waals surface area contributed by atoms with Gasteiger partial charge in [-0.25, -0.2) is 0 Å². The Balaban J connectivity index is 2.09. The maximum atomic E-state index is 12.4. The van der Waals surface area contributed by atoms with E-state index in [0.717, 1.165) is 0 Å². The standard InChI is InChI=1S/C13H14N4O6/c18-10(19)7-15-12(20)11-14-5-6-16(11)13(21)8-1-3-9(4-2-8)17(22)23/h1-4,11,14H,5-7H2,(H,15,20)(H,18,19). The van der Waals surface area contributed by atoms with Crippen molar-refractivity contribution >= 4 is 23.5 Å². The first-order chi connectivity index (χ1) is 10.9. The van der Waals surface area contributed by atoms with Crippen molar-refractivity contribution in [2.45, 2.75) is 6.17 Å². The lowest BCUT2D eigenvalue weighted by Gasteiger charge is -2.23. The Morgan fingerprint density at radius 3 is 2.57 bits per heavy atom. The van der Waals surface area contributed by atoms with Gasteiger partial charge in [0.15, 0.2) is 6.17 Å². The van der Waals surface area contributed by atoms with Gasteiger partial charge < -0.3 is 15.3 Å². The molecule has 10 nitrogen and oxygen atoms in total. The fraction of sp³-hybridized carbons (Fsp3) is 0.308. The average Bonchev–Trinajstić information content (AvgIpc) is 3.01. The molecule has 0 aliphatic carbocycles. The number of hydrogen-bond acceptors (Lipinski definition) is 6. The summed E-state index contributed by atoms with van der Waals surface area (Å²) in [6, 6.07) is 5.03. The third-order valence-electron chi connectivity index (χ3n) is 3.25. The summed E-state index contributed by atoms with van der Waals surface area (Å²) >= 11 is 0. The molecule has 1 atom stereocenters. The molecule has 23 heavy (non-hydrogen) atoms. The van der Waals surface area contributed by atoms with Crippen molar-refractivity contribution in [1.29, 1.82) is 0 Å². The molecule has 0 saturated carbocycles. The summed E-state index contributed by atoms with van der Waals surface area (Å²) in [5.74, 6) is -2.29. The minimum Gasteiger partial charge on any atom is -0.480 e. The largest absolute Gasteiger partial charge is 0.480 e. The second kappa shape index (κ2) is 6.83. The van der Waals surface area contributed by atoms with Crippen molar-refractivity contribution in [2.75, 3.05) is 19.6 Å². The van der Waals surface area contributed by atoms with Gasteiger partial charge in [0.2, 0.25) is 0 Å². The molecule has 1 aromatic rings. The van der Waals surface area contributed by atoms with Crippen molar-refractivity contribution in [1.82, 2.24) is 15.5 Å². The first-order valence-corrected chi connectivity index (χ1v) is 6.68. The molecule has 0 aromatic heterocycles. The number of hydrogen-bond donors (Lipinski definition) is 3. The summed E-state index contributed by atoms with van der Waals surface area (Å²) in [7, 11) is 0. The Hall–Kier alpha value is -3.01. The van der Waals surface area contributed by atoms with Gasteiger partial charge in [0.05, 0.1) is 4.92 Å². The number of non-ortho nitro benzene ring substituents is 1. The van der Waals surface area contributed by atoms with Crippen LogP contribution in [-0.4, -0.2) is 58.5 Å². The first-order valence-electron chi connectivity index (χ1n) is 6.68. The fourth-order valence-electron chi connectivity index (χ4n) is 2.16. The molecule has 10 heteroatoms. The van der Waals surface area contributed by atoms with Crippen LogP contribution < -0.4 is 10.6 Å². The van der Waals surface area contributed by atoms with Crippen LogP contribution in [0.15, 0.2) is 24.3 Å². The van der Waals surface area contributed by atoms with Gasteiger partial charge >= 0.3 is 5.97 Å². The van der Waals surface area contributed by atoms with Gasteiger partial charge in [0.25, 0.3) is 17.5 Å². The molecule has 1 heterocycles. The van der Waals surface area contributed by atoms with Crippen LogP contribution >= 0.6 is 0 Å².